The Morgan fingerprint density at radius 3 is 2.85 bits per heavy atom. The van der Waals surface area contributed by atoms with Gasteiger partial charge in [-0.05, 0) is 26.8 Å². The third-order valence-corrected chi connectivity index (χ3v) is 5.21. The van der Waals surface area contributed by atoms with Gasteiger partial charge in [0.1, 0.15) is 11.6 Å². The van der Waals surface area contributed by atoms with Crippen molar-refractivity contribution in [3.05, 3.63) is 18.1 Å². The Hall–Kier alpha value is -2.58. The van der Waals surface area contributed by atoms with E-state index in [2.05, 4.69) is 20.2 Å². The van der Waals surface area contributed by atoms with Gasteiger partial charge >= 0.3 is 12.1 Å². The number of amides is 3. The van der Waals surface area contributed by atoms with Gasteiger partial charge in [0.25, 0.3) is 0 Å². The minimum absolute atomic E-state index is 0.0798. The van der Waals surface area contributed by atoms with E-state index >= 15 is 0 Å². The number of aryl methyl sites for hydroxylation is 1. The molecule has 26 heavy (non-hydrogen) atoms. The van der Waals surface area contributed by atoms with Crippen LogP contribution in [0.1, 0.15) is 19.7 Å². The van der Waals surface area contributed by atoms with Gasteiger partial charge in [0, 0.05) is 31.9 Å². The molecule has 1 atom stereocenters. The fourth-order valence-electron chi connectivity index (χ4n) is 3.93. The van der Waals surface area contributed by atoms with Crippen molar-refractivity contribution in [3.63, 3.8) is 0 Å². The summed E-state index contributed by atoms with van der Waals surface area (Å²) < 4.78 is 5.77. The topological polar surface area (TPSA) is 90.9 Å². The standard InChI is InChI=1S/C17H24N6O3/c1-11(2)19-15(24)21-6-7-23-13(8-21)17(26-16(23)25)9-22(10-17)14-4-5-18-12(3)20-14/h4-5,11,13H,6-10H2,1-3H3,(H,19,24). The Balaban J connectivity index is 1.48. The number of fused-ring (bicyclic) bond motifs is 2. The third-order valence-electron chi connectivity index (χ3n) is 5.21. The normalized spacial score (nSPS) is 23.8. The summed E-state index contributed by atoms with van der Waals surface area (Å²) in [5.41, 5.74) is -0.577. The van der Waals surface area contributed by atoms with Gasteiger partial charge in [-0.1, -0.05) is 0 Å². The van der Waals surface area contributed by atoms with Gasteiger partial charge in [0.15, 0.2) is 5.60 Å². The highest BCUT2D eigenvalue weighted by Crippen LogP contribution is 2.41. The molecule has 1 spiro atoms. The van der Waals surface area contributed by atoms with Crippen LogP contribution in [-0.4, -0.2) is 82.3 Å². The fourth-order valence-corrected chi connectivity index (χ4v) is 3.93. The SMILES string of the molecule is Cc1nccc(N2CC3(C2)OC(=O)N2CCN(C(=O)NC(C)C)CC23)n1. The van der Waals surface area contributed by atoms with Crippen LogP contribution in [0.5, 0.6) is 0 Å². The minimum Gasteiger partial charge on any atom is -0.437 e. The molecule has 1 aromatic heterocycles. The van der Waals surface area contributed by atoms with Crippen molar-refractivity contribution in [1.82, 2.24) is 25.1 Å². The van der Waals surface area contributed by atoms with E-state index in [-0.39, 0.29) is 24.2 Å². The van der Waals surface area contributed by atoms with Gasteiger partial charge in [-0.3, -0.25) is 4.90 Å². The van der Waals surface area contributed by atoms with E-state index < -0.39 is 5.60 Å². The Morgan fingerprint density at radius 2 is 2.15 bits per heavy atom. The number of piperazine rings is 1. The molecule has 3 aliphatic heterocycles. The van der Waals surface area contributed by atoms with Gasteiger partial charge < -0.3 is 19.9 Å². The van der Waals surface area contributed by atoms with Crippen LogP contribution >= 0.6 is 0 Å². The number of aromatic nitrogens is 2. The number of urea groups is 1. The summed E-state index contributed by atoms with van der Waals surface area (Å²) in [4.78, 5) is 38.9. The molecular weight excluding hydrogens is 336 g/mol. The first-order valence-corrected chi connectivity index (χ1v) is 8.98. The average molecular weight is 360 g/mol. The summed E-state index contributed by atoms with van der Waals surface area (Å²) in [5.74, 6) is 1.55. The Labute approximate surface area is 152 Å². The van der Waals surface area contributed by atoms with Gasteiger partial charge in [-0.25, -0.2) is 19.6 Å². The molecule has 1 unspecified atom stereocenters. The molecule has 3 amide bonds. The van der Waals surface area contributed by atoms with Crippen molar-refractivity contribution >= 4 is 17.9 Å². The van der Waals surface area contributed by atoms with Crippen molar-refractivity contribution in [2.24, 2.45) is 0 Å². The summed E-state index contributed by atoms with van der Waals surface area (Å²) in [6.45, 7) is 8.39. The molecule has 0 radical (unpaired) electrons. The zero-order valence-electron chi connectivity index (χ0n) is 15.3. The monoisotopic (exact) mass is 360 g/mol. The van der Waals surface area contributed by atoms with Crippen LogP contribution in [0, 0.1) is 6.92 Å². The van der Waals surface area contributed by atoms with Crippen molar-refractivity contribution < 1.29 is 14.3 Å². The second-order valence-electron chi connectivity index (χ2n) is 7.51. The van der Waals surface area contributed by atoms with Crippen LogP contribution in [0.15, 0.2) is 12.3 Å². The smallest absolute Gasteiger partial charge is 0.411 e. The Kier molecular flexibility index (Phi) is 3.89. The molecule has 3 fully saturated rings. The number of nitrogens with zero attached hydrogens (tertiary/aromatic N) is 5. The van der Waals surface area contributed by atoms with Crippen LogP contribution in [0.25, 0.3) is 0 Å². The van der Waals surface area contributed by atoms with Gasteiger partial charge in [0.05, 0.1) is 19.1 Å². The number of ether oxygens (including phenoxy) is 1. The van der Waals surface area contributed by atoms with E-state index in [0.29, 0.717) is 38.5 Å². The number of hydrogen-bond acceptors (Lipinski definition) is 6. The zero-order chi connectivity index (χ0) is 18.5. The highest BCUT2D eigenvalue weighted by molar-refractivity contribution is 5.77. The zero-order valence-corrected chi connectivity index (χ0v) is 15.3. The van der Waals surface area contributed by atoms with Crippen LogP contribution in [-0.2, 0) is 4.74 Å². The molecular formula is C17H24N6O3. The summed E-state index contributed by atoms with van der Waals surface area (Å²) in [6, 6.07) is 1.73. The lowest BCUT2D eigenvalue weighted by atomic mass is 9.84. The van der Waals surface area contributed by atoms with Crippen LogP contribution in [0.4, 0.5) is 15.4 Å². The Morgan fingerprint density at radius 1 is 1.38 bits per heavy atom. The number of carbonyl (C=O) groups is 2. The molecule has 0 aromatic carbocycles. The lowest BCUT2D eigenvalue weighted by molar-refractivity contribution is -0.00376. The predicted octanol–water partition coefficient (Wildman–Crippen LogP) is 0.598. The van der Waals surface area contributed by atoms with Crippen LogP contribution < -0.4 is 10.2 Å². The number of rotatable bonds is 2. The maximum Gasteiger partial charge on any atom is 0.411 e. The minimum atomic E-state index is -0.577. The maximum absolute atomic E-state index is 12.4. The molecule has 1 N–H and O–H groups in total. The molecule has 9 heteroatoms. The van der Waals surface area contributed by atoms with Gasteiger partial charge in [0.2, 0.25) is 0 Å². The molecule has 3 saturated heterocycles. The van der Waals surface area contributed by atoms with E-state index in [4.69, 9.17) is 4.74 Å². The average Bonchev–Trinajstić information content (AvgIpc) is 2.85. The van der Waals surface area contributed by atoms with E-state index in [0.717, 1.165) is 5.82 Å². The number of carbonyl (C=O) groups excluding carboxylic acids is 2. The molecule has 4 heterocycles. The number of anilines is 1. The van der Waals surface area contributed by atoms with Gasteiger partial charge in [-0.2, -0.15) is 0 Å². The summed E-state index contributed by atoms with van der Waals surface area (Å²) >= 11 is 0. The third kappa shape index (κ3) is 2.71. The summed E-state index contributed by atoms with van der Waals surface area (Å²) in [5, 5.41) is 2.92. The van der Waals surface area contributed by atoms with Gasteiger partial charge in [-0.15, -0.1) is 0 Å². The molecule has 4 rings (SSSR count). The molecule has 1 aromatic rings. The van der Waals surface area contributed by atoms with Crippen LogP contribution in [0.3, 0.4) is 0 Å². The first-order chi connectivity index (χ1) is 12.4. The summed E-state index contributed by atoms with van der Waals surface area (Å²) in [7, 11) is 0. The lowest BCUT2D eigenvalue weighted by Gasteiger charge is -2.51. The van der Waals surface area contributed by atoms with E-state index in [1.807, 2.05) is 26.8 Å². The Bertz CT molecular complexity index is 733. The highest BCUT2D eigenvalue weighted by Gasteiger charge is 2.62. The van der Waals surface area contributed by atoms with Crippen molar-refractivity contribution in [2.75, 3.05) is 37.6 Å². The van der Waals surface area contributed by atoms with Crippen molar-refractivity contribution in [1.29, 1.82) is 0 Å². The molecule has 0 bridgehead atoms. The molecule has 9 nitrogen and oxygen atoms in total. The van der Waals surface area contributed by atoms with E-state index in [9.17, 15) is 9.59 Å². The number of hydrogen-bond donors (Lipinski definition) is 1. The largest absolute Gasteiger partial charge is 0.437 e. The predicted molar refractivity (Wildman–Crippen MR) is 93.9 cm³/mol. The first-order valence-electron chi connectivity index (χ1n) is 8.98. The first kappa shape index (κ1) is 16.9. The highest BCUT2D eigenvalue weighted by atomic mass is 16.6. The fraction of sp³-hybridized carbons (Fsp3) is 0.647. The second-order valence-corrected chi connectivity index (χ2v) is 7.51. The second kappa shape index (κ2) is 6.00. The van der Waals surface area contributed by atoms with Crippen LogP contribution in [0.2, 0.25) is 0 Å². The van der Waals surface area contributed by atoms with Crippen molar-refractivity contribution in [2.45, 2.75) is 38.5 Å². The summed E-state index contributed by atoms with van der Waals surface area (Å²) in [6.07, 6.45) is 1.45. The van der Waals surface area contributed by atoms with E-state index in [1.54, 1.807) is 16.0 Å². The van der Waals surface area contributed by atoms with Crippen molar-refractivity contribution in [3.8, 4) is 0 Å². The molecule has 0 saturated carbocycles. The number of nitrogens with one attached hydrogen (secondary N) is 1. The molecule has 0 aliphatic carbocycles. The lowest BCUT2D eigenvalue weighted by Crippen LogP contribution is -2.72. The molecule has 140 valence electrons. The molecule has 3 aliphatic rings. The maximum atomic E-state index is 12.4. The van der Waals surface area contributed by atoms with E-state index in [1.165, 1.54) is 0 Å². The quantitative estimate of drug-likeness (QED) is 0.830.